The second-order valence-corrected chi connectivity index (χ2v) is 7.32. The molecule has 6 nitrogen and oxygen atoms in total. The number of nitriles is 1. The first kappa shape index (κ1) is 16.7. The lowest BCUT2D eigenvalue weighted by Crippen LogP contribution is -2.52. The average molecular weight is 386 g/mol. The number of carbonyl (C=O) groups is 1. The first-order valence-electron chi connectivity index (χ1n) is 8.78. The highest BCUT2D eigenvalue weighted by molar-refractivity contribution is 7.08. The quantitative estimate of drug-likeness (QED) is 0.675. The van der Waals surface area contributed by atoms with Crippen LogP contribution in [0, 0.1) is 11.3 Å². The Balaban J connectivity index is 1.73. The van der Waals surface area contributed by atoms with Gasteiger partial charge in [-0.3, -0.25) is 9.78 Å². The van der Waals surface area contributed by atoms with E-state index in [0.29, 0.717) is 17.7 Å². The molecule has 1 amide bonds. The van der Waals surface area contributed by atoms with Gasteiger partial charge in [-0.25, -0.2) is 4.98 Å². The zero-order chi connectivity index (χ0) is 19.1. The smallest absolute Gasteiger partial charge is 0.259 e. The fraction of sp³-hybridized carbons (Fsp3) is 0.143. The first-order chi connectivity index (χ1) is 13.8. The van der Waals surface area contributed by atoms with E-state index in [1.165, 1.54) is 11.3 Å². The van der Waals surface area contributed by atoms with Gasteiger partial charge in [0.1, 0.15) is 24.1 Å². The lowest BCUT2D eigenvalue weighted by Gasteiger charge is -2.42. The van der Waals surface area contributed by atoms with Gasteiger partial charge < -0.3 is 9.64 Å². The number of thiophene rings is 1. The number of carbonyl (C=O) groups excluding carboxylic acids is 1. The number of hydrogen-bond donors (Lipinski definition) is 0. The molecule has 28 heavy (non-hydrogen) atoms. The standard InChI is InChI=1S/C21H14N4O2S/c22-10-17-14(3-1-6-23-17)15-9-16-18(11-27-19-4-2-7-24-20(16)19)25(21(15)26)13-5-8-28-12-13/h1-9,12,16,18H,11H2. The molecule has 0 aromatic carbocycles. The Labute approximate surface area is 165 Å². The van der Waals surface area contributed by atoms with Crippen LogP contribution in [0.15, 0.2) is 59.6 Å². The van der Waals surface area contributed by atoms with Crippen LogP contribution in [0.2, 0.25) is 0 Å². The summed E-state index contributed by atoms with van der Waals surface area (Å²) in [6.07, 6.45) is 5.21. The lowest BCUT2D eigenvalue weighted by atomic mass is 9.83. The van der Waals surface area contributed by atoms with Crippen molar-refractivity contribution in [1.29, 1.82) is 5.26 Å². The maximum Gasteiger partial charge on any atom is 0.259 e. The summed E-state index contributed by atoms with van der Waals surface area (Å²) in [5.41, 5.74) is 2.86. The third kappa shape index (κ3) is 2.50. The van der Waals surface area contributed by atoms with Crippen molar-refractivity contribution in [2.75, 3.05) is 11.5 Å². The highest BCUT2D eigenvalue weighted by atomic mass is 32.1. The van der Waals surface area contributed by atoms with Gasteiger partial charge in [-0.1, -0.05) is 6.08 Å². The van der Waals surface area contributed by atoms with Crippen molar-refractivity contribution >= 4 is 28.5 Å². The van der Waals surface area contributed by atoms with Crippen molar-refractivity contribution in [1.82, 2.24) is 9.97 Å². The van der Waals surface area contributed by atoms with Crippen molar-refractivity contribution in [3.63, 3.8) is 0 Å². The Hall–Kier alpha value is -3.50. The van der Waals surface area contributed by atoms with Crippen LogP contribution in [0.3, 0.4) is 0 Å². The zero-order valence-corrected chi connectivity index (χ0v) is 15.5. The number of hydrogen-bond acceptors (Lipinski definition) is 6. The van der Waals surface area contributed by atoms with Gasteiger partial charge in [-0.05, 0) is 35.7 Å². The number of anilines is 1. The second-order valence-electron chi connectivity index (χ2n) is 6.54. The molecule has 5 rings (SSSR count). The molecule has 0 saturated heterocycles. The summed E-state index contributed by atoms with van der Waals surface area (Å²) in [7, 11) is 0. The molecule has 5 heterocycles. The molecule has 2 atom stereocenters. The highest BCUT2D eigenvalue weighted by Gasteiger charge is 2.43. The Morgan fingerprint density at radius 1 is 1.21 bits per heavy atom. The van der Waals surface area contributed by atoms with Gasteiger partial charge in [0.15, 0.2) is 0 Å². The van der Waals surface area contributed by atoms with Crippen LogP contribution < -0.4 is 9.64 Å². The number of aromatic nitrogens is 2. The minimum Gasteiger partial charge on any atom is -0.489 e. The molecule has 2 unspecified atom stereocenters. The molecule has 3 aromatic rings. The topological polar surface area (TPSA) is 79.1 Å². The summed E-state index contributed by atoms with van der Waals surface area (Å²) in [6.45, 7) is 0.382. The fourth-order valence-electron chi connectivity index (χ4n) is 3.81. The van der Waals surface area contributed by atoms with Crippen LogP contribution in [-0.4, -0.2) is 28.5 Å². The Kier molecular flexibility index (Phi) is 3.92. The molecule has 2 aliphatic heterocycles. The van der Waals surface area contributed by atoms with E-state index in [-0.39, 0.29) is 23.6 Å². The van der Waals surface area contributed by atoms with E-state index in [0.717, 1.165) is 17.1 Å². The number of fused-ring (bicyclic) bond motifs is 3. The molecule has 7 heteroatoms. The van der Waals surface area contributed by atoms with Crippen LogP contribution in [0.25, 0.3) is 5.57 Å². The van der Waals surface area contributed by atoms with Gasteiger partial charge in [0.25, 0.3) is 5.91 Å². The summed E-state index contributed by atoms with van der Waals surface area (Å²) in [5.74, 6) is 0.432. The molecule has 136 valence electrons. The summed E-state index contributed by atoms with van der Waals surface area (Å²) < 4.78 is 5.91. The molecule has 0 aliphatic carbocycles. The summed E-state index contributed by atoms with van der Waals surface area (Å²) >= 11 is 1.53. The van der Waals surface area contributed by atoms with Crippen molar-refractivity contribution in [2.24, 2.45) is 0 Å². The van der Waals surface area contributed by atoms with E-state index in [2.05, 4.69) is 16.0 Å². The van der Waals surface area contributed by atoms with Crippen LogP contribution in [0.5, 0.6) is 5.75 Å². The van der Waals surface area contributed by atoms with Crippen molar-refractivity contribution in [2.45, 2.75) is 12.0 Å². The maximum atomic E-state index is 13.5. The van der Waals surface area contributed by atoms with Crippen molar-refractivity contribution < 1.29 is 9.53 Å². The predicted octanol–water partition coefficient (Wildman–Crippen LogP) is 3.38. The van der Waals surface area contributed by atoms with Crippen LogP contribution in [-0.2, 0) is 4.79 Å². The molecular weight excluding hydrogens is 372 g/mol. The molecular formula is C21H14N4O2S. The van der Waals surface area contributed by atoms with E-state index in [1.807, 2.05) is 35.0 Å². The molecule has 0 bridgehead atoms. The predicted molar refractivity (Wildman–Crippen MR) is 105 cm³/mol. The van der Waals surface area contributed by atoms with Crippen molar-refractivity contribution in [3.8, 4) is 11.8 Å². The van der Waals surface area contributed by atoms with Gasteiger partial charge in [0, 0.05) is 34.8 Å². The van der Waals surface area contributed by atoms with E-state index in [4.69, 9.17) is 4.74 Å². The van der Waals surface area contributed by atoms with Gasteiger partial charge >= 0.3 is 0 Å². The number of amides is 1. The minimum atomic E-state index is -0.199. The van der Waals surface area contributed by atoms with Crippen LogP contribution in [0.4, 0.5) is 5.69 Å². The van der Waals surface area contributed by atoms with E-state index in [9.17, 15) is 10.1 Å². The number of ether oxygens (including phenoxy) is 1. The van der Waals surface area contributed by atoms with E-state index < -0.39 is 0 Å². The molecule has 2 aliphatic rings. The summed E-state index contributed by atoms with van der Waals surface area (Å²) in [4.78, 5) is 23.9. The van der Waals surface area contributed by atoms with Crippen LogP contribution >= 0.6 is 11.3 Å². The zero-order valence-electron chi connectivity index (χ0n) is 14.6. The number of nitrogens with zero attached hydrogens (tertiary/aromatic N) is 4. The van der Waals surface area contributed by atoms with Gasteiger partial charge in [-0.15, -0.1) is 0 Å². The first-order valence-corrected chi connectivity index (χ1v) is 9.73. The molecule has 0 N–H and O–H groups in total. The average Bonchev–Trinajstić information content (AvgIpc) is 3.27. The molecule has 0 radical (unpaired) electrons. The number of pyridine rings is 2. The van der Waals surface area contributed by atoms with Gasteiger partial charge in [0.05, 0.1) is 17.4 Å². The molecule has 0 fully saturated rings. The second kappa shape index (κ2) is 6.59. The Morgan fingerprint density at radius 3 is 2.89 bits per heavy atom. The number of rotatable bonds is 2. The van der Waals surface area contributed by atoms with Crippen molar-refractivity contribution in [3.05, 3.63) is 76.5 Å². The lowest BCUT2D eigenvalue weighted by molar-refractivity contribution is -0.114. The maximum absolute atomic E-state index is 13.5. The third-order valence-electron chi connectivity index (χ3n) is 5.05. The minimum absolute atomic E-state index is 0.135. The van der Waals surface area contributed by atoms with Crippen LogP contribution in [0.1, 0.15) is 22.9 Å². The molecule has 0 spiro atoms. The molecule has 0 saturated carbocycles. The monoisotopic (exact) mass is 386 g/mol. The SMILES string of the molecule is N#Cc1ncccc1C1=CC2c3ncccc3OCC2N(c2ccsc2)C1=O. The van der Waals surface area contributed by atoms with E-state index >= 15 is 0 Å². The Bertz CT molecular complexity index is 1130. The van der Waals surface area contributed by atoms with Gasteiger partial charge in [0.2, 0.25) is 0 Å². The summed E-state index contributed by atoms with van der Waals surface area (Å²) in [5, 5.41) is 13.4. The Morgan fingerprint density at radius 2 is 2.07 bits per heavy atom. The fourth-order valence-corrected chi connectivity index (χ4v) is 4.44. The highest BCUT2D eigenvalue weighted by Crippen LogP contribution is 2.43. The third-order valence-corrected chi connectivity index (χ3v) is 5.73. The summed E-state index contributed by atoms with van der Waals surface area (Å²) in [6, 6.07) is 11.0. The van der Waals surface area contributed by atoms with E-state index in [1.54, 1.807) is 29.4 Å². The largest absolute Gasteiger partial charge is 0.489 e. The normalized spacial score (nSPS) is 20.5. The molecule has 3 aromatic heterocycles. The van der Waals surface area contributed by atoms with Gasteiger partial charge in [-0.2, -0.15) is 16.6 Å².